The number of benzene rings is 1. The normalized spacial score (nSPS) is 10.8. The van der Waals surface area contributed by atoms with E-state index in [1.807, 2.05) is 36.2 Å². The summed E-state index contributed by atoms with van der Waals surface area (Å²) in [4.78, 5) is 12.4. The summed E-state index contributed by atoms with van der Waals surface area (Å²) in [5.74, 6) is -0.741. The first-order valence-corrected chi connectivity index (χ1v) is 6.10. The van der Waals surface area contributed by atoms with Gasteiger partial charge in [-0.15, -0.1) is 0 Å². The van der Waals surface area contributed by atoms with Crippen LogP contribution >= 0.6 is 11.6 Å². The van der Waals surface area contributed by atoms with Gasteiger partial charge in [-0.2, -0.15) is 0 Å². The average molecular weight is 256 g/mol. The van der Waals surface area contributed by atoms with Crippen molar-refractivity contribution >= 4 is 17.6 Å². The number of aryl methyl sites for hydroxylation is 1. The van der Waals surface area contributed by atoms with Gasteiger partial charge in [-0.05, 0) is 44.1 Å². The van der Waals surface area contributed by atoms with E-state index in [4.69, 9.17) is 16.7 Å². The molecule has 0 heterocycles. The molecule has 0 aliphatic carbocycles. The van der Waals surface area contributed by atoms with E-state index >= 15 is 0 Å². The second-order valence-electron chi connectivity index (χ2n) is 4.18. The number of hydrogen-bond donors (Lipinski definition) is 1. The summed E-state index contributed by atoms with van der Waals surface area (Å²) in [6.07, 6.45) is 2.23. The van der Waals surface area contributed by atoms with Gasteiger partial charge in [0.05, 0.1) is 6.42 Å². The van der Waals surface area contributed by atoms with E-state index in [9.17, 15) is 4.79 Å². The van der Waals surface area contributed by atoms with Crippen LogP contribution in [0.4, 0.5) is 0 Å². The highest BCUT2D eigenvalue weighted by Crippen LogP contribution is 2.11. The van der Waals surface area contributed by atoms with Gasteiger partial charge >= 0.3 is 5.97 Å². The summed E-state index contributed by atoms with van der Waals surface area (Å²) >= 11 is 5.80. The number of halogens is 1. The van der Waals surface area contributed by atoms with Gasteiger partial charge in [-0.3, -0.25) is 4.79 Å². The monoisotopic (exact) mass is 255 g/mol. The zero-order valence-electron chi connectivity index (χ0n) is 10.0. The zero-order chi connectivity index (χ0) is 12.7. The third kappa shape index (κ3) is 6.29. The first kappa shape index (κ1) is 14.0. The van der Waals surface area contributed by atoms with Gasteiger partial charge < -0.3 is 10.0 Å². The molecule has 0 amide bonds. The fourth-order valence-corrected chi connectivity index (χ4v) is 1.73. The highest BCUT2D eigenvalue weighted by atomic mass is 35.5. The Bertz CT molecular complexity index is 351. The molecule has 0 aromatic heterocycles. The lowest BCUT2D eigenvalue weighted by molar-refractivity contribution is -0.137. The topological polar surface area (TPSA) is 40.5 Å². The van der Waals surface area contributed by atoms with Crippen LogP contribution in [0.2, 0.25) is 5.02 Å². The van der Waals surface area contributed by atoms with E-state index in [2.05, 4.69) is 0 Å². The Morgan fingerprint density at radius 2 is 1.94 bits per heavy atom. The predicted octanol–water partition coefficient (Wildman–Crippen LogP) is 2.68. The van der Waals surface area contributed by atoms with Crippen LogP contribution in [0.15, 0.2) is 24.3 Å². The molecule has 0 unspecified atom stereocenters. The van der Waals surface area contributed by atoms with E-state index < -0.39 is 5.97 Å². The Kier molecular flexibility index (Phi) is 6.01. The van der Waals surface area contributed by atoms with E-state index in [1.54, 1.807) is 0 Å². The summed E-state index contributed by atoms with van der Waals surface area (Å²) in [5, 5.41) is 9.31. The molecule has 17 heavy (non-hydrogen) atoms. The molecule has 1 rings (SSSR count). The molecule has 0 spiro atoms. The number of carboxylic acids is 1. The lowest BCUT2D eigenvalue weighted by atomic mass is 10.1. The SMILES string of the molecule is CN(CCCc1ccc(Cl)cc1)CCC(=O)O. The standard InChI is InChI=1S/C13H18ClNO2/c1-15(10-8-13(16)17)9-2-3-11-4-6-12(14)7-5-11/h4-7H,2-3,8-10H2,1H3,(H,16,17). The fourth-order valence-electron chi connectivity index (χ4n) is 1.60. The number of rotatable bonds is 7. The molecule has 3 nitrogen and oxygen atoms in total. The van der Waals surface area contributed by atoms with Gasteiger partial charge in [0.15, 0.2) is 0 Å². The maximum Gasteiger partial charge on any atom is 0.304 e. The number of hydrogen-bond acceptors (Lipinski definition) is 2. The molecule has 0 radical (unpaired) electrons. The second kappa shape index (κ2) is 7.30. The summed E-state index contributed by atoms with van der Waals surface area (Å²) < 4.78 is 0. The maximum absolute atomic E-state index is 10.4. The fraction of sp³-hybridized carbons (Fsp3) is 0.462. The van der Waals surface area contributed by atoms with Gasteiger partial charge in [-0.25, -0.2) is 0 Å². The van der Waals surface area contributed by atoms with Crippen molar-refractivity contribution in [1.29, 1.82) is 0 Å². The molecule has 4 heteroatoms. The number of aliphatic carboxylic acids is 1. The van der Waals surface area contributed by atoms with Crippen molar-refractivity contribution in [1.82, 2.24) is 4.90 Å². The lowest BCUT2D eigenvalue weighted by Gasteiger charge is -2.14. The van der Waals surface area contributed by atoms with E-state index in [1.165, 1.54) is 5.56 Å². The van der Waals surface area contributed by atoms with Crippen molar-refractivity contribution < 1.29 is 9.90 Å². The Morgan fingerprint density at radius 3 is 2.53 bits per heavy atom. The Labute approximate surface area is 107 Å². The van der Waals surface area contributed by atoms with E-state index in [0.29, 0.717) is 6.54 Å². The summed E-state index contributed by atoms with van der Waals surface area (Å²) in [6.45, 7) is 1.52. The minimum absolute atomic E-state index is 0.206. The van der Waals surface area contributed by atoms with Crippen LogP contribution < -0.4 is 0 Å². The molecule has 0 atom stereocenters. The quantitative estimate of drug-likeness (QED) is 0.814. The number of carboxylic acid groups (broad SMARTS) is 1. The zero-order valence-corrected chi connectivity index (χ0v) is 10.8. The highest BCUT2D eigenvalue weighted by molar-refractivity contribution is 6.30. The molecule has 0 bridgehead atoms. The Morgan fingerprint density at radius 1 is 1.29 bits per heavy atom. The molecule has 0 saturated heterocycles. The first-order chi connectivity index (χ1) is 8.08. The predicted molar refractivity (Wildman–Crippen MR) is 69.5 cm³/mol. The van der Waals surface area contributed by atoms with Crippen LogP contribution in [0.1, 0.15) is 18.4 Å². The second-order valence-corrected chi connectivity index (χ2v) is 4.61. The molecular weight excluding hydrogens is 238 g/mol. The van der Waals surface area contributed by atoms with Gasteiger partial charge in [-0.1, -0.05) is 23.7 Å². The van der Waals surface area contributed by atoms with Gasteiger partial charge in [0.25, 0.3) is 0 Å². The molecule has 1 aromatic carbocycles. The number of carbonyl (C=O) groups is 1. The minimum atomic E-state index is -0.741. The maximum atomic E-state index is 10.4. The van der Waals surface area contributed by atoms with Crippen LogP contribution in [0, 0.1) is 0 Å². The van der Waals surface area contributed by atoms with Crippen molar-refractivity contribution in [2.45, 2.75) is 19.3 Å². The average Bonchev–Trinajstić information content (AvgIpc) is 2.29. The molecule has 0 aliphatic heterocycles. The Balaban J connectivity index is 2.18. The van der Waals surface area contributed by atoms with Crippen LogP contribution in [0.5, 0.6) is 0 Å². The van der Waals surface area contributed by atoms with Crippen LogP contribution in [-0.4, -0.2) is 36.1 Å². The molecule has 1 aromatic rings. The van der Waals surface area contributed by atoms with Crippen molar-refractivity contribution in [3.05, 3.63) is 34.9 Å². The van der Waals surface area contributed by atoms with Gasteiger partial charge in [0.1, 0.15) is 0 Å². The summed E-state index contributed by atoms with van der Waals surface area (Å²) in [5.41, 5.74) is 1.26. The van der Waals surface area contributed by atoms with Crippen molar-refractivity contribution in [3.8, 4) is 0 Å². The molecular formula is C13H18ClNO2. The summed E-state index contributed by atoms with van der Waals surface area (Å²) in [6, 6.07) is 7.84. The molecule has 94 valence electrons. The van der Waals surface area contributed by atoms with Crippen LogP contribution in [0.3, 0.4) is 0 Å². The van der Waals surface area contributed by atoms with Crippen molar-refractivity contribution in [2.75, 3.05) is 20.1 Å². The third-order valence-electron chi connectivity index (χ3n) is 2.63. The Hall–Kier alpha value is -1.06. The molecule has 1 N–H and O–H groups in total. The molecule has 0 fully saturated rings. The smallest absolute Gasteiger partial charge is 0.304 e. The summed E-state index contributed by atoms with van der Waals surface area (Å²) in [7, 11) is 1.95. The van der Waals surface area contributed by atoms with Crippen LogP contribution in [0.25, 0.3) is 0 Å². The molecule has 0 aliphatic rings. The third-order valence-corrected chi connectivity index (χ3v) is 2.88. The van der Waals surface area contributed by atoms with Gasteiger partial charge in [0, 0.05) is 11.6 Å². The molecule has 0 saturated carbocycles. The highest BCUT2D eigenvalue weighted by Gasteiger charge is 2.02. The van der Waals surface area contributed by atoms with E-state index in [-0.39, 0.29) is 6.42 Å². The van der Waals surface area contributed by atoms with Gasteiger partial charge in [0.2, 0.25) is 0 Å². The lowest BCUT2D eigenvalue weighted by Crippen LogP contribution is -2.23. The van der Waals surface area contributed by atoms with E-state index in [0.717, 1.165) is 24.4 Å². The largest absolute Gasteiger partial charge is 0.481 e. The van der Waals surface area contributed by atoms with Crippen LogP contribution in [-0.2, 0) is 11.2 Å². The van der Waals surface area contributed by atoms with Crippen molar-refractivity contribution in [3.63, 3.8) is 0 Å². The first-order valence-electron chi connectivity index (χ1n) is 5.72. The minimum Gasteiger partial charge on any atom is -0.481 e. The number of nitrogens with zero attached hydrogens (tertiary/aromatic N) is 1. The van der Waals surface area contributed by atoms with Crippen molar-refractivity contribution in [2.24, 2.45) is 0 Å².